The van der Waals surface area contributed by atoms with E-state index in [0.717, 1.165) is 34.6 Å². The molecule has 0 spiro atoms. The first kappa shape index (κ1) is 23.3. The van der Waals surface area contributed by atoms with Gasteiger partial charge in [0.25, 0.3) is 15.6 Å². The molecule has 1 N–H and O–H groups in total. The van der Waals surface area contributed by atoms with Gasteiger partial charge < -0.3 is 5.11 Å². The number of alkyl halides is 6. The van der Waals surface area contributed by atoms with Gasteiger partial charge in [0, 0.05) is 11.6 Å². The molecular weight excluding hydrogens is 455 g/mol. The third-order valence-electron chi connectivity index (χ3n) is 5.16. The SMILES string of the molecule is C[C@@H]1CCc2cc(C(O)(C(F)(F)F)C(F)(F)F)ccc2N1S(=O)(=O)c1ccc(F)cc1. The van der Waals surface area contributed by atoms with E-state index in [9.17, 15) is 44.3 Å². The molecule has 0 saturated heterocycles. The summed E-state index contributed by atoms with van der Waals surface area (Å²) < 4.78 is 119. The van der Waals surface area contributed by atoms with Gasteiger partial charge in [0.15, 0.2) is 0 Å². The van der Waals surface area contributed by atoms with Crippen LogP contribution >= 0.6 is 0 Å². The van der Waals surface area contributed by atoms with Gasteiger partial charge in [-0.1, -0.05) is 12.1 Å². The highest BCUT2D eigenvalue weighted by Crippen LogP contribution is 2.51. The van der Waals surface area contributed by atoms with Crippen LogP contribution < -0.4 is 4.31 Å². The molecule has 0 fully saturated rings. The lowest BCUT2D eigenvalue weighted by Gasteiger charge is -2.38. The van der Waals surface area contributed by atoms with E-state index in [1.807, 2.05) is 0 Å². The summed E-state index contributed by atoms with van der Waals surface area (Å²) in [7, 11) is -4.29. The monoisotopic (exact) mass is 471 g/mol. The van der Waals surface area contributed by atoms with Crippen molar-refractivity contribution in [2.24, 2.45) is 0 Å². The number of sulfonamides is 1. The van der Waals surface area contributed by atoms with Crippen LogP contribution in [0.1, 0.15) is 24.5 Å². The van der Waals surface area contributed by atoms with Crippen LogP contribution in [0.5, 0.6) is 0 Å². The van der Waals surface area contributed by atoms with Crippen LogP contribution in [0.4, 0.5) is 36.4 Å². The summed E-state index contributed by atoms with van der Waals surface area (Å²) >= 11 is 0. The molecule has 2 aromatic carbocycles. The summed E-state index contributed by atoms with van der Waals surface area (Å²) in [4.78, 5) is -0.292. The molecule has 170 valence electrons. The summed E-state index contributed by atoms with van der Waals surface area (Å²) in [5.74, 6) is -0.686. The highest BCUT2D eigenvalue weighted by molar-refractivity contribution is 7.92. The lowest BCUT2D eigenvalue weighted by atomic mass is 9.88. The van der Waals surface area contributed by atoms with Crippen molar-refractivity contribution in [3.8, 4) is 0 Å². The molecule has 0 aromatic heterocycles. The Morgan fingerprint density at radius 2 is 1.52 bits per heavy atom. The van der Waals surface area contributed by atoms with Crippen molar-refractivity contribution in [3.63, 3.8) is 0 Å². The van der Waals surface area contributed by atoms with E-state index < -0.39 is 45.4 Å². The second-order valence-corrected chi connectivity index (χ2v) is 9.01. The molecule has 2 aromatic rings. The van der Waals surface area contributed by atoms with Gasteiger partial charge in [-0.25, -0.2) is 12.8 Å². The van der Waals surface area contributed by atoms with E-state index in [4.69, 9.17) is 0 Å². The molecule has 4 nitrogen and oxygen atoms in total. The molecular formula is C19H16F7NO3S. The zero-order valence-corrected chi connectivity index (χ0v) is 16.6. The summed E-state index contributed by atoms with van der Waals surface area (Å²) in [5.41, 5.74) is -6.79. The fraction of sp³-hybridized carbons (Fsp3) is 0.368. The van der Waals surface area contributed by atoms with Crippen LogP contribution in [0.3, 0.4) is 0 Å². The van der Waals surface area contributed by atoms with Gasteiger partial charge in [0.2, 0.25) is 0 Å². The third-order valence-corrected chi connectivity index (χ3v) is 7.10. The van der Waals surface area contributed by atoms with Crippen LogP contribution in [0.2, 0.25) is 0 Å². The van der Waals surface area contributed by atoms with Gasteiger partial charge in [-0.3, -0.25) is 4.31 Å². The molecule has 31 heavy (non-hydrogen) atoms. The first-order valence-corrected chi connectivity index (χ1v) is 10.3. The van der Waals surface area contributed by atoms with Gasteiger partial charge in [-0.2, -0.15) is 26.3 Å². The van der Waals surface area contributed by atoms with Crippen LogP contribution in [0, 0.1) is 5.82 Å². The molecule has 0 amide bonds. The number of hydrogen-bond acceptors (Lipinski definition) is 3. The van der Waals surface area contributed by atoms with Gasteiger partial charge >= 0.3 is 12.4 Å². The fourth-order valence-electron chi connectivity index (χ4n) is 3.52. The predicted molar refractivity (Wildman–Crippen MR) is 96.3 cm³/mol. The second-order valence-electron chi connectivity index (χ2n) is 7.19. The van der Waals surface area contributed by atoms with Crippen LogP contribution in [-0.2, 0) is 22.0 Å². The largest absolute Gasteiger partial charge is 0.430 e. The highest BCUT2D eigenvalue weighted by Gasteiger charge is 2.71. The number of nitrogens with zero attached hydrogens (tertiary/aromatic N) is 1. The Kier molecular flexibility index (Phi) is 5.54. The number of aryl methyl sites for hydroxylation is 1. The maximum Gasteiger partial charge on any atom is 0.430 e. The van der Waals surface area contributed by atoms with Crippen molar-refractivity contribution in [1.82, 2.24) is 0 Å². The first-order valence-electron chi connectivity index (χ1n) is 8.90. The van der Waals surface area contributed by atoms with Crippen LogP contribution in [-0.4, -0.2) is 31.9 Å². The van der Waals surface area contributed by atoms with E-state index in [-0.39, 0.29) is 29.0 Å². The zero-order valence-electron chi connectivity index (χ0n) is 15.8. The predicted octanol–water partition coefficient (Wildman–Crippen LogP) is 4.67. The Bertz CT molecular complexity index is 1070. The second kappa shape index (κ2) is 7.37. The summed E-state index contributed by atoms with van der Waals surface area (Å²) in [6.07, 6.45) is -12.0. The van der Waals surface area contributed by atoms with E-state index >= 15 is 0 Å². The highest BCUT2D eigenvalue weighted by atomic mass is 32.2. The zero-order chi connectivity index (χ0) is 23.4. The average molecular weight is 471 g/mol. The Hall–Kier alpha value is -2.34. The minimum atomic E-state index is -6.05. The molecule has 0 radical (unpaired) electrons. The van der Waals surface area contributed by atoms with E-state index in [1.54, 1.807) is 0 Å². The molecule has 1 heterocycles. The lowest BCUT2D eigenvalue weighted by molar-refractivity contribution is -0.376. The van der Waals surface area contributed by atoms with Crippen molar-refractivity contribution in [1.29, 1.82) is 0 Å². The molecule has 12 heteroatoms. The Labute approximate surface area is 173 Å². The fourth-order valence-corrected chi connectivity index (χ4v) is 5.24. The maximum absolute atomic E-state index is 13.2. The maximum atomic E-state index is 13.2. The van der Waals surface area contributed by atoms with Gasteiger partial charge in [0.1, 0.15) is 5.82 Å². The molecule has 1 aliphatic heterocycles. The number of aliphatic hydroxyl groups is 1. The van der Waals surface area contributed by atoms with E-state index in [0.29, 0.717) is 12.1 Å². The van der Waals surface area contributed by atoms with Crippen molar-refractivity contribution in [2.45, 2.75) is 48.7 Å². The Morgan fingerprint density at radius 3 is 2.03 bits per heavy atom. The Balaban J connectivity index is 2.15. The number of fused-ring (bicyclic) bond motifs is 1. The third kappa shape index (κ3) is 3.75. The first-order chi connectivity index (χ1) is 14.1. The molecule has 3 rings (SSSR count). The van der Waals surface area contributed by atoms with Gasteiger partial charge in [0.05, 0.1) is 10.6 Å². The summed E-state index contributed by atoms with van der Waals surface area (Å²) in [5, 5.41) is 9.62. The van der Waals surface area contributed by atoms with Crippen molar-refractivity contribution in [3.05, 3.63) is 59.4 Å². The quantitative estimate of drug-likeness (QED) is 0.663. The number of halogens is 7. The van der Waals surface area contributed by atoms with E-state index in [1.165, 1.54) is 6.92 Å². The minimum Gasteiger partial charge on any atom is -0.369 e. The molecule has 1 atom stereocenters. The molecule has 1 aliphatic rings. The minimum absolute atomic E-state index is 0.00836. The average Bonchev–Trinajstić information content (AvgIpc) is 2.65. The van der Waals surface area contributed by atoms with Crippen molar-refractivity contribution in [2.75, 3.05) is 4.31 Å². The van der Waals surface area contributed by atoms with Gasteiger partial charge in [-0.05, 0) is 55.7 Å². The smallest absolute Gasteiger partial charge is 0.369 e. The van der Waals surface area contributed by atoms with Crippen molar-refractivity contribution < 1.29 is 44.3 Å². The van der Waals surface area contributed by atoms with Crippen molar-refractivity contribution >= 4 is 15.7 Å². The molecule has 0 aliphatic carbocycles. The molecule has 0 saturated carbocycles. The molecule has 0 bridgehead atoms. The summed E-state index contributed by atoms with van der Waals surface area (Å²) in [6, 6.07) is 4.91. The van der Waals surface area contributed by atoms with Crippen LogP contribution in [0.15, 0.2) is 47.4 Å². The normalized spacial score (nSPS) is 18.1. The summed E-state index contributed by atoms with van der Waals surface area (Å²) in [6.45, 7) is 1.53. The lowest BCUT2D eigenvalue weighted by Crippen LogP contribution is -2.54. The number of anilines is 1. The standard InChI is InChI=1S/C19H16F7NO3S/c1-11-2-3-12-10-13(17(28,18(21,22)23)19(24,25)26)4-9-16(12)27(11)31(29,30)15-7-5-14(20)6-8-15/h4-11,28H,2-3H2,1H3/t11-/m1/s1. The Morgan fingerprint density at radius 1 is 0.968 bits per heavy atom. The van der Waals surface area contributed by atoms with E-state index in [2.05, 4.69) is 0 Å². The number of benzene rings is 2. The number of rotatable bonds is 3. The molecule has 0 unspecified atom stereocenters. The number of hydrogen-bond donors (Lipinski definition) is 1. The topological polar surface area (TPSA) is 57.6 Å². The van der Waals surface area contributed by atoms with Gasteiger partial charge in [-0.15, -0.1) is 0 Å². The van der Waals surface area contributed by atoms with Crippen LogP contribution in [0.25, 0.3) is 0 Å².